The first kappa shape index (κ1) is 22.6. The molecular weight excluding hydrogens is 376 g/mol. The molecule has 3 N–H and O–H groups in total. The molecular formula is C25H36N2O3. The predicted octanol–water partition coefficient (Wildman–Crippen LogP) is 3.73. The standard InChI is InChI=1S/C25H36N2O3/c1-27(22-7-3-2-4-8-22)18-24(29)19-30-25-9-5-6-21(16-25)17-26-15-14-20-10-12-23(28)13-11-20/h5-6,9-13,16,22,24,26,28-29H,2-4,7-8,14-15,17-19H2,1H3. The average Bonchev–Trinajstić information content (AvgIpc) is 2.77. The van der Waals surface area contributed by atoms with Gasteiger partial charge in [0.25, 0.3) is 0 Å². The Hall–Kier alpha value is -2.08. The number of nitrogens with zero attached hydrogens (tertiary/aromatic N) is 1. The van der Waals surface area contributed by atoms with Crippen LogP contribution in [-0.4, -0.2) is 54.0 Å². The lowest BCUT2D eigenvalue weighted by Gasteiger charge is -2.32. The van der Waals surface area contributed by atoms with Crippen LogP contribution in [0.5, 0.6) is 11.5 Å². The van der Waals surface area contributed by atoms with Crippen molar-refractivity contribution in [2.75, 3.05) is 26.7 Å². The monoisotopic (exact) mass is 412 g/mol. The molecule has 1 aliphatic carbocycles. The maximum absolute atomic E-state index is 10.4. The molecule has 3 rings (SSSR count). The molecule has 0 aromatic heterocycles. The predicted molar refractivity (Wildman–Crippen MR) is 121 cm³/mol. The zero-order valence-corrected chi connectivity index (χ0v) is 18.1. The van der Waals surface area contributed by atoms with Gasteiger partial charge in [0, 0.05) is 19.1 Å². The van der Waals surface area contributed by atoms with Gasteiger partial charge >= 0.3 is 0 Å². The third kappa shape index (κ3) is 7.63. The van der Waals surface area contributed by atoms with Crippen LogP contribution in [0.4, 0.5) is 0 Å². The minimum absolute atomic E-state index is 0.300. The number of aliphatic hydroxyl groups is 1. The Labute approximate surface area is 180 Å². The summed E-state index contributed by atoms with van der Waals surface area (Å²) in [5.74, 6) is 1.10. The average molecular weight is 413 g/mol. The molecule has 1 saturated carbocycles. The highest BCUT2D eigenvalue weighted by Gasteiger charge is 2.20. The molecule has 30 heavy (non-hydrogen) atoms. The molecule has 1 aliphatic rings. The van der Waals surface area contributed by atoms with Crippen LogP contribution < -0.4 is 10.1 Å². The van der Waals surface area contributed by atoms with E-state index in [0.717, 1.165) is 30.8 Å². The molecule has 5 nitrogen and oxygen atoms in total. The van der Waals surface area contributed by atoms with E-state index in [1.165, 1.54) is 37.7 Å². The highest BCUT2D eigenvalue weighted by atomic mass is 16.5. The van der Waals surface area contributed by atoms with Gasteiger partial charge in [-0.25, -0.2) is 0 Å². The lowest BCUT2D eigenvalue weighted by Crippen LogP contribution is -2.40. The zero-order valence-electron chi connectivity index (χ0n) is 18.1. The van der Waals surface area contributed by atoms with Gasteiger partial charge in [0.1, 0.15) is 24.2 Å². The molecule has 0 amide bonds. The number of likely N-dealkylation sites (N-methyl/N-ethyl adjacent to an activating group) is 1. The number of phenols is 1. The highest BCUT2D eigenvalue weighted by molar-refractivity contribution is 5.29. The normalized spacial score (nSPS) is 16.0. The number of rotatable bonds is 11. The van der Waals surface area contributed by atoms with Gasteiger partial charge in [-0.3, -0.25) is 0 Å². The molecule has 0 heterocycles. The summed E-state index contributed by atoms with van der Waals surface area (Å²) >= 11 is 0. The van der Waals surface area contributed by atoms with Crippen molar-refractivity contribution in [3.63, 3.8) is 0 Å². The van der Waals surface area contributed by atoms with E-state index in [9.17, 15) is 10.2 Å². The summed E-state index contributed by atoms with van der Waals surface area (Å²) in [7, 11) is 2.11. The van der Waals surface area contributed by atoms with Crippen LogP contribution in [0.2, 0.25) is 0 Å². The minimum atomic E-state index is -0.482. The van der Waals surface area contributed by atoms with Crippen LogP contribution in [0.3, 0.4) is 0 Å². The van der Waals surface area contributed by atoms with Crippen molar-refractivity contribution < 1.29 is 14.9 Å². The number of hydrogen-bond acceptors (Lipinski definition) is 5. The van der Waals surface area contributed by atoms with Crippen molar-refractivity contribution in [2.45, 2.75) is 57.2 Å². The molecule has 1 fully saturated rings. The van der Waals surface area contributed by atoms with Crippen LogP contribution >= 0.6 is 0 Å². The topological polar surface area (TPSA) is 65.0 Å². The number of nitrogens with one attached hydrogen (secondary N) is 1. The van der Waals surface area contributed by atoms with E-state index in [1.807, 2.05) is 30.3 Å². The van der Waals surface area contributed by atoms with Crippen LogP contribution in [-0.2, 0) is 13.0 Å². The van der Waals surface area contributed by atoms with Crippen molar-refractivity contribution in [3.8, 4) is 11.5 Å². The molecule has 0 radical (unpaired) electrons. The van der Waals surface area contributed by atoms with Crippen molar-refractivity contribution in [3.05, 3.63) is 59.7 Å². The molecule has 5 heteroatoms. The number of hydrogen-bond donors (Lipinski definition) is 3. The molecule has 2 aromatic rings. The van der Waals surface area contributed by atoms with Gasteiger partial charge in [0.15, 0.2) is 0 Å². The first-order valence-electron chi connectivity index (χ1n) is 11.2. The summed E-state index contributed by atoms with van der Waals surface area (Å²) in [6, 6.07) is 16.0. The number of aliphatic hydroxyl groups excluding tert-OH is 1. The second kappa shape index (κ2) is 11.9. The molecule has 0 bridgehead atoms. The molecule has 0 saturated heterocycles. The molecule has 2 aromatic carbocycles. The van der Waals surface area contributed by atoms with Gasteiger partial charge in [0.05, 0.1) is 0 Å². The van der Waals surface area contributed by atoms with Gasteiger partial charge in [-0.1, -0.05) is 43.5 Å². The summed E-state index contributed by atoms with van der Waals surface area (Å²) in [5.41, 5.74) is 2.36. The smallest absolute Gasteiger partial charge is 0.119 e. The Morgan fingerprint density at radius 2 is 1.83 bits per heavy atom. The maximum Gasteiger partial charge on any atom is 0.119 e. The summed E-state index contributed by atoms with van der Waals surface area (Å²) in [4.78, 5) is 2.29. The minimum Gasteiger partial charge on any atom is -0.508 e. The SMILES string of the molecule is CN(CC(O)COc1cccc(CNCCc2ccc(O)cc2)c1)C1CCCCC1. The molecule has 0 spiro atoms. The van der Waals surface area contributed by atoms with E-state index < -0.39 is 6.10 Å². The molecule has 0 aliphatic heterocycles. The van der Waals surface area contributed by atoms with Crippen LogP contribution in [0, 0.1) is 0 Å². The van der Waals surface area contributed by atoms with E-state index in [4.69, 9.17) is 4.74 Å². The summed E-state index contributed by atoms with van der Waals surface area (Å²) in [6.45, 7) is 2.60. The Bertz CT molecular complexity index is 744. The number of benzene rings is 2. The number of ether oxygens (including phenoxy) is 1. The first-order valence-corrected chi connectivity index (χ1v) is 11.2. The number of phenolic OH excluding ortho intramolecular Hbond substituents is 1. The van der Waals surface area contributed by atoms with E-state index in [0.29, 0.717) is 24.9 Å². The fourth-order valence-electron chi connectivity index (χ4n) is 4.12. The Balaban J connectivity index is 1.36. The largest absolute Gasteiger partial charge is 0.508 e. The second-order valence-electron chi connectivity index (χ2n) is 8.44. The molecule has 1 unspecified atom stereocenters. The van der Waals surface area contributed by atoms with Crippen molar-refractivity contribution in [1.29, 1.82) is 0 Å². The van der Waals surface area contributed by atoms with Crippen molar-refractivity contribution >= 4 is 0 Å². The fraction of sp³-hybridized carbons (Fsp3) is 0.520. The van der Waals surface area contributed by atoms with Crippen molar-refractivity contribution in [2.24, 2.45) is 0 Å². The maximum atomic E-state index is 10.4. The van der Waals surface area contributed by atoms with Gasteiger partial charge in [-0.05, 0) is 68.2 Å². The Morgan fingerprint density at radius 1 is 1.07 bits per heavy atom. The third-order valence-electron chi connectivity index (χ3n) is 5.89. The van der Waals surface area contributed by atoms with E-state index in [1.54, 1.807) is 12.1 Å². The van der Waals surface area contributed by atoms with Gasteiger partial charge in [0.2, 0.25) is 0 Å². The van der Waals surface area contributed by atoms with Crippen LogP contribution in [0.15, 0.2) is 48.5 Å². The van der Waals surface area contributed by atoms with Crippen LogP contribution in [0.1, 0.15) is 43.2 Å². The van der Waals surface area contributed by atoms with Gasteiger partial charge in [-0.2, -0.15) is 0 Å². The summed E-state index contributed by atoms with van der Waals surface area (Å²) < 4.78 is 5.86. The Morgan fingerprint density at radius 3 is 2.60 bits per heavy atom. The van der Waals surface area contributed by atoms with Crippen molar-refractivity contribution in [1.82, 2.24) is 10.2 Å². The van der Waals surface area contributed by atoms with Crippen LogP contribution in [0.25, 0.3) is 0 Å². The third-order valence-corrected chi connectivity index (χ3v) is 5.89. The lowest BCUT2D eigenvalue weighted by atomic mass is 9.94. The number of aromatic hydroxyl groups is 1. The van der Waals surface area contributed by atoms with Gasteiger partial charge < -0.3 is 25.2 Å². The molecule has 1 atom stereocenters. The zero-order chi connectivity index (χ0) is 21.2. The highest BCUT2D eigenvalue weighted by Crippen LogP contribution is 2.22. The van der Waals surface area contributed by atoms with E-state index in [-0.39, 0.29) is 0 Å². The lowest BCUT2D eigenvalue weighted by molar-refractivity contribution is 0.0561. The molecule has 164 valence electrons. The Kier molecular flexibility index (Phi) is 9.00. The van der Waals surface area contributed by atoms with E-state index >= 15 is 0 Å². The summed E-state index contributed by atoms with van der Waals surface area (Å²) in [5, 5.41) is 23.2. The van der Waals surface area contributed by atoms with Gasteiger partial charge in [-0.15, -0.1) is 0 Å². The summed E-state index contributed by atoms with van der Waals surface area (Å²) in [6.07, 6.45) is 6.87. The fourth-order valence-corrected chi connectivity index (χ4v) is 4.12. The quantitative estimate of drug-likeness (QED) is 0.491. The van der Waals surface area contributed by atoms with E-state index in [2.05, 4.69) is 23.3 Å². The first-order chi connectivity index (χ1) is 14.6. The second-order valence-corrected chi connectivity index (χ2v) is 8.44.